The van der Waals surface area contributed by atoms with Crippen molar-refractivity contribution in [1.29, 1.82) is 0 Å². The molecule has 0 bridgehead atoms. The van der Waals surface area contributed by atoms with Crippen molar-refractivity contribution in [1.82, 2.24) is 10.0 Å². The molecule has 0 N–H and O–H groups in total. The van der Waals surface area contributed by atoms with Gasteiger partial charge in [0.05, 0.1) is 12.4 Å². The second-order valence-electron chi connectivity index (χ2n) is 4.99. The van der Waals surface area contributed by atoms with Gasteiger partial charge in [-0.05, 0) is 12.1 Å². The molecule has 0 aromatic heterocycles. The van der Waals surface area contributed by atoms with Crippen molar-refractivity contribution in [3.05, 3.63) is 69.7 Å². The second kappa shape index (κ2) is 8.56. The quantitative estimate of drug-likeness (QED) is 0.445. The van der Waals surface area contributed by atoms with Crippen LogP contribution in [0.25, 0.3) is 0 Å². The van der Waals surface area contributed by atoms with Gasteiger partial charge in [0, 0.05) is 35.3 Å². The van der Waals surface area contributed by atoms with Crippen LogP contribution in [0.15, 0.2) is 58.7 Å². The number of rotatable bonds is 6. The molecule has 2 aromatic rings. The van der Waals surface area contributed by atoms with Crippen molar-refractivity contribution in [3.8, 4) is 0 Å². The third kappa shape index (κ3) is 5.58. The Morgan fingerprint density at radius 2 is 1.17 bits per heavy atom. The number of hydrogen-bond donors (Lipinski definition) is 0. The zero-order chi connectivity index (χ0) is 16.7. The molecule has 0 saturated heterocycles. The summed E-state index contributed by atoms with van der Waals surface area (Å²) >= 11 is 12.2. The first-order valence-corrected chi connectivity index (χ1v) is 7.81. The molecule has 0 aliphatic carbocycles. The van der Waals surface area contributed by atoms with Crippen LogP contribution >= 0.6 is 23.2 Å². The number of halogens is 2. The molecule has 23 heavy (non-hydrogen) atoms. The highest BCUT2D eigenvalue weighted by molar-refractivity contribution is 6.33. The number of nitrogens with zero attached hydrogens (tertiary/aromatic N) is 4. The summed E-state index contributed by atoms with van der Waals surface area (Å²) in [6.45, 7) is 0.530. The van der Waals surface area contributed by atoms with Crippen molar-refractivity contribution >= 4 is 35.6 Å². The van der Waals surface area contributed by atoms with Crippen molar-refractivity contribution in [3.63, 3.8) is 0 Å². The molecule has 4 nitrogen and oxygen atoms in total. The maximum atomic E-state index is 6.09. The van der Waals surface area contributed by atoms with E-state index in [-0.39, 0.29) is 0 Å². The molecule has 2 aromatic carbocycles. The largest absolute Gasteiger partial charge is 0.279 e. The fraction of sp³-hybridized carbons (Fsp3) is 0.176. The van der Waals surface area contributed by atoms with Crippen LogP contribution in [0.2, 0.25) is 10.0 Å². The molecule has 6 heteroatoms. The van der Waals surface area contributed by atoms with E-state index in [1.165, 1.54) is 0 Å². The van der Waals surface area contributed by atoms with E-state index < -0.39 is 0 Å². The highest BCUT2D eigenvalue weighted by atomic mass is 35.5. The van der Waals surface area contributed by atoms with Crippen LogP contribution in [0.4, 0.5) is 0 Å². The molecule has 0 aliphatic rings. The van der Waals surface area contributed by atoms with Gasteiger partial charge in [0.15, 0.2) is 0 Å². The van der Waals surface area contributed by atoms with E-state index in [9.17, 15) is 0 Å². The lowest BCUT2D eigenvalue weighted by Crippen LogP contribution is -2.26. The Morgan fingerprint density at radius 3 is 1.57 bits per heavy atom. The zero-order valence-electron chi connectivity index (χ0n) is 13.0. The van der Waals surface area contributed by atoms with Gasteiger partial charge in [0.1, 0.15) is 6.67 Å². The van der Waals surface area contributed by atoms with Crippen molar-refractivity contribution in [2.75, 3.05) is 20.8 Å². The molecular formula is C17H18Cl2N4. The van der Waals surface area contributed by atoms with E-state index in [2.05, 4.69) is 10.2 Å². The van der Waals surface area contributed by atoms with Crippen LogP contribution in [0.1, 0.15) is 11.1 Å². The van der Waals surface area contributed by atoms with E-state index in [1.54, 1.807) is 22.4 Å². The average Bonchev–Trinajstić information content (AvgIpc) is 2.53. The minimum absolute atomic E-state index is 0.530. The molecule has 0 fully saturated rings. The van der Waals surface area contributed by atoms with Crippen LogP contribution in [-0.4, -0.2) is 43.2 Å². The molecule has 0 spiro atoms. The Kier molecular flexibility index (Phi) is 6.44. The van der Waals surface area contributed by atoms with Gasteiger partial charge < -0.3 is 0 Å². The average molecular weight is 349 g/mol. The first-order valence-electron chi connectivity index (χ1n) is 7.05. The van der Waals surface area contributed by atoms with E-state index in [0.717, 1.165) is 11.1 Å². The lowest BCUT2D eigenvalue weighted by atomic mass is 10.2. The summed E-state index contributed by atoms with van der Waals surface area (Å²) in [5, 5.41) is 13.6. The Balaban J connectivity index is 1.91. The number of hydrogen-bond acceptors (Lipinski definition) is 4. The monoisotopic (exact) mass is 348 g/mol. The topological polar surface area (TPSA) is 31.2 Å². The van der Waals surface area contributed by atoms with Gasteiger partial charge in [-0.1, -0.05) is 59.6 Å². The number of benzene rings is 2. The molecule has 0 heterocycles. The second-order valence-corrected chi connectivity index (χ2v) is 5.80. The lowest BCUT2D eigenvalue weighted by molar-refractivity contribution is 0.196. The molecule has 120 valence electrons. The zero-order valence-corrected chi connectivity index (χ0v) is 14.5. The van der Waals surface area contributed by atoms with Gasteiger partial charge in [0.25, 0.3) is 0 Å². The Hall–Kier alpha value is -2.04. The van der Waals surface area contributed by atoms with E-state index in [1.807, 2.05) is 62.6 Å². The molecule has 0 saturated carbocycles. The highest BCUT2D eigenvalue weighted by Gasteiger charge is 2.00. The Bertz CT molecular complexity index is 641. The smallest absolute Gasteiger partial charge is 0.122 e. The Morgan fingerprint density at radius 1 is 0.783 bits per heavy atom. The van der Waals surface area contributed by atoms with Crippen LogP contribution in [0.5, 0.6) is 0 Å². The molecule has 2 rings (SSSR count). The molecular weight excluding hydrogens is 331 g/mol. The van der Waals surface area contributed by atoms with E-state index in [4.69, 9.17) is 23.2 Å². The summed E-state index contributed by atoms with van der Waals surface area (Å²) in [7, 11) is 3.74. The van der Waals surface area contributed by atoms with Gasteiger partial charge in [-0.25, -0.2) is 0 Å². The first kappa shape index (κ1) is 17.3. The maximum Gasteiger partial charge on any atom is 0.122 e. The van der Waals surface area contributed by atoms with Crippen LogP contribution in [0.3, 0.4) is 0 Å². The molecule has 0 atom stereocenters. The summed E-state index contributed by atoms with van der Waals surface area (Å²) in [5.74, 6) is 0. The fourth-order valence-electron chi connectivity index (χ4n) is 1.85. The van der Waals surface area contributed by atoms with Gasteiger partial charge in [-0.15, -0.1) is 0 Å². The summed E-state index contributed by atoms with van der Waals surface area (Å²) < 4.78 is 0. The van der Waals surface area contributed by atoms with Gasteiger partial charge in [0.2, 0.25) is 0 Å². The summed E-state index contributed by atoms with van der Waals surface area (Å²) in [6.07, 6.45) is 3.46. The molecule has 0 amide bonds. The summed E-state index contributed by atoms with van der Waals surface area (Å²) in [5.41, 5.74) is 1.76. The predicted molar refractivity (Wildman–Crippen MR) is 98.5 cm³/mol. The highest BCUT2D eigenvalue weighted by Crippen LogP contribution is 2.13. The minimum Gasteiger partial charge on any atom is -0.279 e. The molecule has 0 aliphatic heterocycles. The third-order valence-electron chi connectivity index (χ3n) is 3.01. The van der Waals surface area contributed by atoms with E-state index >= 15 is 0 Å². The lowest BCUT2D eigenvalue weighted by Gasteiger charge is -2.19. The molecule has 0 unspecified atom stereocenters. The van der Waals surface area contributed by atoms with Crippen LogP contribution < -0.4 is 0 Å². The van der Waals surface area contributed by atoms with E-state index in [0.29, 0.717) is 16.7 Å². The van der Waals surface area contributed by atoms with Crippen LogP contribution in [0, 0.1) is 0 Å². The SMILES string of the molecule is CN(CN(C)N=Cc1ccccc1Cl)N=Cc1ccccc1Cl. The Labute approximate surface area is 146 Å². The summed E-state index contributed by atoms with van der Waals surface area (Å²) in [4.78, 5) is 0. The van der Waals surface area contributed by atoms with Crippen molar-refractivity contribution in [2.45, 2.75) is 0 Å². The minimum atomic E-state index is 0.530. The van der Waals surface area contributed by atoms with Gasteiger partial charge in [-0.3, -0.25) is 10.0 Å². The first-order chi connectivity index (χ1) is 11.1. The number of hydrazone groups is 2. The standard InChI is InChI=1S/C17H18Cl2N4/c1-22(20-11-14-7-3-5-9-16(14)18)13-23(2)21-12-15-8-4-6-10-17(15)19/h3-12H,13H2,1-2H3. The predicted octanol–water partition coefficient (Wildman–Crippen LogP) is 4.18. The van der Waals surface area contributed by atoms with Crippen LogP contribution in [-0.2, 0) is 0 Å². The maximum absolute atomic E-state index is 6.09. The summed E-state index contributed by atoms with van der Waals surface area (Å²) in [6, 6.07) is 15.1. The molecule has 0 radical (unpaired) electrons. The fourth-order valence-corrected chi connectivity index (χ4v) is 2.22. The third-order valence-corrected chi connectivity index (χ3v) is 3.70. The van der Waals surface area contributed by atoms with Crippen molar-refractivity contribution in [2.24, 2.45) is 10.2 Å². The van der Waals surface area contributed by atoms with Gasteiger partial charge >= 0.3 is 0 Å². The van der Waals surface area contributed by atoms with Crippen molar-refractivity contribution < 1.29 is 0 Å². The van der Waals surface area contributed by atoms with Gasteiger partial charge in [-0.2, -0.15) is 10.2 Å². The normalized spacial score (nSPS) is 11.3.